The van der Waals surface area contributed by atoms with Crippen LogP contribution in [-0.2, 0) is 11.3 Å². The molecule has 2 fully saturated rings. The molecule has 1 aromatic rings. The van der Waals surface area contributed by atoms with Crippen molar-refractivity contribution in [3.05, 3.63) is 18.5 Å². The number of amides is 1. The lowest BCUT2D eigenvalue weighted by Crippen LogP contribution is -2.32. The van der Waals surface area contributed by atoms with Crippen LogP contribution in [0.25, 0.3) is 0 Å². The van der Waals surface area contributed by atoms with Gasteiger partial charge in [0.25, 0.3) is 5.92 Å². The van der Waals surface area contributed by atoms with Crippen LogP contribution < -0.4 is 5.32 Å². The summed E-state index contributed by atoms with van der Waals surface area (Å²) >= 11 is 0. The summed E-state index contributed by atoms with van der Waals surface area (Å²) < 4.78 is 27.3. The van der Waals surface area contributed by atoms with Gasteiger partial charge in [0.1, 0.15) is 0 Å². The standard InChI is InChI=1S/C13H17F2N3O/c14-13(15)7-10(13)6-11(19)16-8-12(2-3-12)9-18-5-1-4-17-18/h1,4-5,10H,2-3,6-9H2,(H,16,19). The molecule has 1 amide bonds. The Morgan fingerprint density at radius 1 is 1.47 bits per heavy atom. The van der Waals surface area contributed by atoms with E-state index in [-0.39, 0.29) is 24.2 Å². The lowest BCUT2D eigenvalue weighted by molar-refractivity contribution is -0.122. The maximum Gasteiger partial charge on any atom is 0.252 e. The first-order chi connectivity index (χ1) is 8.99. The number of nitrogens with zero attached hydrogens (tertiary/aromatic N) is 2. The van der Waals surface area contributed by atoms with E-state index in [1.54, 1.807) is 6.20 Å². The topological polar surface area (TPSA) is 46.9 Å². The first kappa shape index (κ1) is 12.6. The SMILES string of the molecule is O=C(CC1CC1(F)F)NCC1(Cn2cccn2)CC1. The van der Waals surface area contributed by atoms with E-state index in [2.05, 4.69) is 10.4 Å². The van der Waals surface area contributed by atoms with Crippen LogP contribution in [-0.4, -0.2) is 28.2 Å². The van der Waals surface area contributed by atoms with E-state index in [0.717, 1.165) is 19.4 Å². The smallest absolute Gasteiger partial charge is 0.252 e. The second kappa shape index (κ2) is 4.28. The highest BCUT2D eigenvalue weighted by Crippen LogP contribution is 2.50. The van der Waals surface area contributed by atoms with Gasteiger partial charge in [-0.1, -0.05) is 0 Å². The molecule has 1 aromatic heterocycles. The van der Waals surface area contributed by atoms with Crippen molar-refractivity contribution in [1.82, 2.24) is 15.1 Å². The molecule has 2 aliphatic rings. The highest BCUT2D eigenvalue weighted by Gasteiger charge is 2.57. The van der Waals surface area contributed by atoms with Gasteiger partial charge >= 0.3 is 0 Å². The molecule has 104 valence electrons. The zero-order chi connectivity index (χ0) is 13.5. The first-order valence-corrected chi connectivity index (χ1v) is 6.61. The Kier molecular flexibility index (Phi) is 2.83. The van der Waals surface area contributed by atoms with Crippen LogP contribution in [0.4, 0.5) is 8.78 Å². The van der Waals surface area contributed by atoms with Gasteiger partial charge in [0, 0.05) is 49.7 Å². The summed E-state index contributed by atoms with van der Waals surface area (Å²) in [5.74, 6) is -3.60. The minimum absolute atomic E-state index is 0.0507. The van der Waals surface area contributed by atoms with Crippen molar-refractivity contribution in [3.63, 3.8) is 0 Å². The molecule has 19 heavy (non-hydrogen) atoms. The third-order valence-electron chi connectivity index (χ3n) is 4.06. The lowest BCUT2D eigenvalue weighted by Gasteiger charge is -2.16. The summed E-state index contributed by atoms with van der Waals surface area (Å²) in [5, 5.41) is 6.94. The molecular weight excluding hydrogens is 252 g/mol. The largest absolute Gasteiger partial charge is 0.355 e. The van der Waals surface area contributed by atoms with E-state index in [1.165, 1.54) is 0 Å². The molecule has 0 radical (unpaired) electrons. The number of carbonyl (C=O) groups is 1. The summed E-state index contributed by atoms with van der Waals surface area (Å²) in [6.45, 7) is 1.34. The van der Waals surface area contributed by atoms with E-state index in [0.29, 0.717) is 6.54 Å². The predicted octanol–water partition coefficient (Wildman–Crippen LogP) is 1.82. The van der Waals surface area contributed by atoms with Gasteiger partial charge in [-0.15, -0.1) is 0 Å². The van der Waals surface area contributed by atoms with E-state index in [9.17, 15) is 13.6 Å². The van der Waals surface area contributed by atoms with E-state index in [4.69, 9.17) is 0 Å². The number of hydrogen-bond acceptors (Lipinski definition) is 2. The Labute approximate surface area is 110 Å². The van der Waals surface area contributed by atoms with Crippen LogP contribution in [0.2, 0.25) is 0 Å². The molecule has 1 N–H and O–H groups in total. The molecule has 2 saturated carbocycles. The van der Waals surface area contributed by atoms with Gasteiger partial charge in [0.15, 0.2) is 0 Å². The molecule has 1 heterocycles. The molecule has 2 aliphatic carbocycles. The molecule has 0 aromatic carbocycles. The molecule has 3 rings (SSSR count). The Morgan fingerprint density at radius 3 is 2.74 bits per heavy atom. The number of halogens is 2. The van der Waals surface area contributed by atoms with Gasteiger partial charge in [-0.25, -0.2) is 8.78 Å². The number of hydrogen-bond donors (Lipinski definition) is 1. The van der Waals surface area contributed by atoms with Crippen molar-refractivity contribution < 1.29 is 13.6 Å². The summed E-state index contributed by atoms with van der Waals surface area (Å²) in [4.78, 5) is 11.6. The van der Waals surface area contributed by atoms with Crippen molar-refractivity contribution >= 4 is 5.91 Å². The van der Waals surface area contributed by atoms with Crippen LogP contribution >= 0.6 is 0 Å². The Morgan fingerprint density at radius 2 is 2.21 bits per heavy atom. The predicted molar refractivity (Wildman–Crippen MR) is 64.6 cm³/mol. The average molecular weight is 269 g/mol. The van der Waals surface area contributed by atoms with Crippen molar-refractivity contribution in [2.45, 2.75) is 38.2 Å². The maximum atomic E-state index is 12.7. The quantitative estimate of drug-likeness (QED) is 0.856. The average Bonchev–Trinajstić information content (AvgIpc) is 3.13. The number of alkyl halides is 2. The van der Waals surface area contributed by atoms with Gasteiger partial charge < -0.3 is 5.32 Å². The van der Waals surface area contributed by atoms with Gasteiger partial charge in [-0.2, -0.15) is 5.10 Å². The van der Waals surface area contributed by atoms with Gasteiger partial charge in [-0.3, -0.25) is 9.48 Å². The summed E-state index contributed by atoms with van der Waals surface area (Å²) in [5.41, 5.74) is 0.0771. The minimum atomic E-state index is -2.61. The van der Waals surface area contributed by atoms with Crippen molar-refractivity contribution in [2.24, 2.45) is 11.3 Å². The highest BCUT2D eigenvalue weighted by atomic mass is 19.3. The van der Waals surface area contributed by atoms with Crippen LogP contribution in [0, 0.1) is 11.3 Å². The zero-order valence-corrected chi connectivity index (χ0v) is 10.6. The summed E-state index contributed by atoms with van der Waals surface area (Å²) in [6, 6.07) is 1.86. The van der Waals surface area contributed by atoms with Crippen LogP contribution in [0.15, 0.2) is 18.5 Å². The van der Waals surface area contributed by atoms with Crippen LogP contribution in [0.1, 0.15) is 25.7 Å². The molecule has 0 saturated heterocycles. The van der Waals surface area contributed by atoms with Gasteiger partial charge in [-0.05, 0) is 18.9 Å². The number of carbonyl (C=O) groups excluding carboxylic acids is 1. The van der Waals surface area contributed by atoms with Gasteiger partial charge in [0.2, 0.25) is 5.91 Å². The minimum Gasteiger partial charge on any atom is -0.355 e. The normalized spacial score (nSPS) is 25.9. The molecular formula is C13H17F2N3O. The molecule has 6 heteroatoms. The first-order valence-electron chi connectivity index (χ1n) is 6.61. The number of rotatable bonds is 6. The van der Waals surface area contributed by atoms with E-state index in [1.807, 2.05) is 16.9 Å². The third-order valence-corrected chi connectivity index (χ3v) is 4.06. The second-order valence-corrected chi connectivity index (χ2v) is 5.85. The van der Waals surface area contributed by atoms with Crippen molar-refractivity contribution in [1.29, 1.82) is 0 Å². The highest BCUT2D eigenvalue weighted by molar-refractivity contribution is 5.76. The Bertz CT molecular complexity index is 468. The lowest BCUT2D eigenvalue weighted by atomic mass is 10.1. The fourth-order valence-corrected chi connectivity index (χ4v) is 2.38. The molecule has 4 nitrogen and oxygen atoms in total. The van der Waals surface area contributed by atoms with Crippen LogP contribution in [0.3, 0.4) is 0 Å². The molecule has 1 atom stereocenters. The summed E-state index contributed by atoms with van der Waals surface area (Å²) in [7, 11) is 0. The molecule has 0 aliphatic heterocycles. The molecule has 1 unspecified atom stereocenters. The summed E-state index contributed by atoms with van der Waals surface area (Å²) in [6.07, 6.45) is 5.53. The molecule has 0 bridgehead atoms. The maximum absolute atomic E-state index is 12.7. The molecule has 0 spiro atoms. The Hall–Kier alpha value is -1.46. The van der Waals surface area contributed by atoms with Gasteiger partial charge in [0.05, 0.1) is 0 Å². The van der Waals surface area contributed by atoms with E-state index >= 15 is 0 Å². The van der Waals surface area contributed by atoms with Crippen molar-refractivity contribution in [2.75, 3.05) is 6.54 Å². The number of nitrogens with one attached hydrogen (secondary N) is 1. The Balaban J connectivity index is 1.43. The fourth-order valence-electron chi connectivity index (χ4n) is 2.38. The zero-order valence-electron chi connectivity index (χ0n) is 10.6. The van der Waals surface area contributed by atoms with E-state index < -0.39 is 11.8 Å². The number of aromatic nitrogens is 2. The van der Waals surface area contributed by atoms with Crippen LogP contribution in [0.5, 0.6) is 0 Å². The second-order valence-electron chi connectivity index (χ2n) is 5.85. The van der Waals surface area contributed by atoms with Crippen molar-refractivity contribution in [3.8, 4) is 0 Å². The fraction of sp³-hybridized carbons (Fsp3) is 0.692. The third kappa shape index (κ3) is 2.93. The monoisotopic (exact) mass is 269 g/mol.